The van der Waals surface area contributed by atoms with E-state index in [1.807, 2.05) is 0 Å². The Morgan fingerprint density at radius 3 is 2.86 bits per heavy atom. The molecule has 0 fully saturated rings. The van der Waals surface area contributed by atoms with Crippen molar-refractivity contribution in [1.82, 2.24) is 9.97 Å². The number of carbonyl (C=O) groups excluding carboxylic acids is 1. The number of aromatic nitrogens is 2. The Morgan fingerprint density at radius 1 is 1.71 bits per heavy atom. The van der Waals surface area contributed by atoms with Crippen LogP contribution in [0.1, 0.15) is 18.4 Å². The van der Waals surface area contributed by atoms with E-state index in [0.717, 1.165) is 6.33 Å². The highest BCUT2D eigenvalue weighted by atomic mass is 16.5. The Kier molecular flexibility index (Phi) is 2.85. The van der Waals surface area contributed by atoms with Crippen molar-refractivity contribution in [2.45, 2.75) is 12.8 Å². The molecule has 0 aliphatic heterocycles. The van der Waals surface area contributed by atoms with Gasteiger partial charge < -0.3 is 14.8 Å². The van der Waals surface area contributed by atoms with Crippen molar-refractivity contribution >= 4 is 5.97 Å². The summed E-state index contributed by atoms with van der Waals surface area (Å²) in [5.41, 5.74) is -0.630. The van der Waals surface area contributed by atoms with Gasteiger partial charge in [-0.1, -0.05) is 0 Å². The normalized spacial score (nSPS) is 12.1. The maximum Gasteiger partial charge on any atom is 0.313 e. The maximum absolute atomic E-state index is 11.2. The summed E-state index contributed by atoms with van der Waals surface area (Å²) in [6.07, 6.45) is 1.06. The molecular weight excluding hydrogens is 188 g/mol. The van der Waals surface area contributed by atoms with E-state index in [1.165, 1.54) is 14.0 Å². The van der Waals surface area contributed by atoms with Crippen LogP contribution < -0.4 is 5.56 Å². The predicted octanol–water partition coefficient (Wildman–Crippen LogP) is -0.248. The van der Waals surface area contributed by atoms with Gasteiger partial charge in [0.1, 0.15) is 0 Å². The van der Waals surface area contributed by atoms with E-state index in [0.29, 0.717) is 0 Å². The fourth-order valence-electron chi connectivity index (χ4n) is 1.09. The molecule has 0 saturated heterocycles. The lowest BCUT2D eigenvalue weighted by Crippen LogP contribution is -2.21. The lowest BCUT2D eigenvalue weighted by molar-refractivity contribution is -0.142. The topological polar surface area (TPSA) is 92.3 Å². The monoisotopic (exact) mass is 198 g/mol. The molecule has 6 heteroatoms. The number of hydrogen-bond donors (Lipinski definition) is 2. The number of methoxy groups -OCH3 is 1. The Morgan fingerprint density at radius 2 is 2.36 bits per heavy atom. The summed E-state index contributed by atoms with van der Waals surface area (Å²) in [6.45, 7) is 1.46. The molecule has 0 bridgehead atoms. The van der Waals surface area contributed by atoms with Crippen LogP contribution in [-0.4, -0.2) is 28.2 Å². The second-order valence-electron chi connectivity index (χ2n) is 2.71. The Bertz CT molecular complexity index is 399. The molecule has 1 aromatic heterocycles. The minimum absolute atomic E-state index is 0.0839. The standard InChI is InChI=1S/C8H10N2O4/c1-4(8(13)14-2)5-6(11)9-3-10-7(5)12/h3-4H,1-2H3,(H2,9,10,11,12)/t4-/m0/s1. The number of rotatable bonds is 2. The molecule has 14 heavy (non-hydrogen) atoms. The molecular formula is C8H10N2O4. The number of esters is 1. The molecule has 1 atom stereocenters. The van der Waals surface area contributed by atoms with E-state index in [-0.39, 0.29) is 5.56 Å². The minimum atomic E-state index is -0.836. The van der Waals surface area contributed by atoms with E-state index in [2.05, 4.69) is 14.7 Å². The van der Waals surface area contributed by atoms with Crippen LogP contribution in [0.3, 0.4) is 0 Å². The maximum atomic E-state index is 11.2. The van der Waals surface area contributed by atoms with E-state index >= 15 is 0 Å². The summed E-state index contributed by atoms with van der Waals surface area (Å²) in [5, 5.41) is 9.27. The summed E-state index contributed by atoms with van der Waals surface area (Å²) >= 11 is 0. The molecule has 0 aliphatic carbocycles. The molecule has 0 unspecified atom stereocenters. The van der Waals surface area contributed by atoms with Crippen LogP contribution in [0.15, 0.2) is 11.1 Å². The van der Waals surface area contributed by atoms with Crippen LogP contribution in [-0.2, 0) is 9.53 Å². The van der Waals surface area contributed by atoms with Gasteiger partial charge in [0.25, 0.3) is 5.56 Å². The van der Waals surface area contributed by atoms with Gasteiger partial charge in [0, 0.05) is 0 Å². The Hall–Kier alpha value is -1.85. The van der Waals surface area contributed by atoms with Crippen molar-refractivity contribution in [1.29, 1.82) is 0 Å². The number of carbonyl (C=O) groups is 1. The van der Waals surface area contributed by atoms with Crippen molar-refractivity contribution in [3.05, 3.63) is 22.2 Å². The summed E-state index contributed by atoms with van der Waals surface area (Å²) in [4.78, 5) is 28.1. The molecule has 0 spiro atoms. The van der Waals surface area contributed by atoms with Crippen molar-refractivity contribution in [3.63, 3.8) is 0 Å². The largest absolute Gasteiger partial charge is 0.493 e. The van der Waals surface area contributed by atoms with Gasteiger partial charge in [-0.05, 0) is 6.92 Å². The molecule has 1 heterocycles. The molecule has 0 amide bonds. The molecule has 2 N–H and O–H groups in total. The fraction of sp³-hybridized carbons (Fsp3) is 0.375. The number of hydrogen-bond acceptors (Lipinski definition) is 5. The van der Waals surface area contributed by atoms with Crippen molar-refractivity contribution in [2.75, 3.05) is 7.11 Å². The third-order valence-corrected chi connectivity index (χ3v) is 1.86. The number of aromatic amines is 1. The van der Waals surface area contributed by atoms with E-state index in [4.69, 9.17) is 0 Å². The van der Waals surface area contributed by atoms with Crippen LogP contribution in [0.2, 0.25) is 0 Å². The quantitative estimate of drug-likeness (QED) is 0.639. The average molecular weight is 198 g/mol. The van der Waals surface area contributed by atoms with Crippen LogP contribution in [0.4, 0.5) is 0 Å². The second-order valence-corrected chi connectivity index (χ2v) is 2.71. The highest BCUT2D eigenvalue weighted by Crippen LogP contribution is 2.19. The van der Waals surface area contributed by atoms with Gasteiger partial charge >= 0.3 is 5.97 Å². The SMILES string of the molecule is COC(=O)[C@@H](C)c1c(O)nc[nH]c1=O. The minimum Gasteiger partial charge on any atom is -0.493 e. The van der Waals surface area contributed by atoms with E-state index in [9.17, 15) is 14.7 Å². The molecule has 76 valence electrons. The van der Waals surface area contributed by atoms with Gasteiger partial charge in [0.2, 0.25) is 5.88 Å². The van der Waals surface area contributed by atoms with Gasteiger partial charge in [-0.3, -0.25) is 9.59 Å². The first-order valence-corrected chi connectivity index (χ1v) is 3.92. The second kappa shape index (κ2) is 3.91. The summed E-state index contributed by atoms with van der Waals surface area (Å²) < 4.78 is 4.45. The van der Waals surface area contributed by atoms with Gasteiger partial charge in [0.05, 0.1) is 24.9 Å². The molecule has 1 rings (SSSR count). The molecule has 1 aromatic rings. The lowest BCUT2D eigenvalue weighted by atomic mass is 10.0. The highest BCUT2D eigenvalue weighted by molar-refractivity contribution is 5.78. The Balaban J connectivity index is 3.19. The van der Waals surface area contributed by atoms with E-state index in [1.54, 1.807) is 0 Å². The zero-order chi connectivity index (χ0) is 10.7. The molecule has 0 aromatic carbocycles. The number of H-pyrrole nitrogens is 1. The molecule has 0 saturated carbocycles. The summed E-state index contributed by atoms with van der Waals surface area (Å²) in [7, 11) is 1.21. The number of nitrogens with one attached hydrogen (secondary N) is 1. The van der Waals surface area contributed by atoms with Crippen LogP contribution in [0.25, 0.3) is 0 Å². The zero-order valence-electron chi connectivity index (χ0n) is 7.77. The van der Waals surface area contributed by atoms with Crippen molar-refractivity contribution in [3.8, 4) is 5.88 Å². The third kappa shape index (κ3) is 1.73. The Labute approximate surface area is 79.6 Å². The molecule has 6 nitrogen and oxygen atoms in total. The zero-order valence-corrected chi connectivity index (χ0v) is 7.77. The number of aromatic hydroxyl groups is 1. The van der Waals surface area contributed by atoms with E-state index < -0.39 is 23.3 Å². The summed E-state index contributed by atoms with van der Waals surface area (Å²) in [6, 6.07) is 0. The smallest absolute Gasteiger partial charge is 0.313 e. The number of ether oxygens (including phenoxy) is 1. The first kappa shape index (κ1) is 10.2. The first-order chi connectivity index (χ1) is 6.57. The first-order valence-electron chi connectivity index (χ1n) is 3.92. The predicted molar refractivity (Wildman–Crippen MR) is 47.0 cm³/mol. The van der Waals surface area contributed by atoms with Crippen LogP contribution in [0, 0.1) is 0 Å². The molecule has 0 aliphatic rings. The van der Waals surface area contributed by atoms with Crippen LogP contribution >= 0.6 is 0 Å². The average Bonchev–Trinajstić information content (AvgIpc) is 2.16. The van der Waals surface area contributed by atoms with Gasteiger partial charge in [-0.15, -0.1) is 0 Å². The van der Waals surface area contributed by atoms with Gasteiger partial charge in [-0.2, -0.15) is 0 Å². The van der Waals surface area contributed by atoms with Crippen molar-refractivity contribution < 1.29 is 14.6 Å². The van der Waals surface area contributed by atoms with Gasteiger partial charge in [-0.25, -0.2) is 4.98 Å². The van der Waals surface area contributed by atoms with Crippen molar-refractivity contribution in [2.24, 2.45) is 0 Å². The number of nitrogens with zero attached hydrogens (tertiary/aromatic N) is 1. The highest BCUT2D eigenvalue weighted by Gasteiger charge is 2.23. The summed E-state index contributed by atoms with van der Waals surface area (Å²) in [5.74, 6) is -1.89. The third-order valence-electron chi connectivity index (χ3n) is 1.86. The lowest BCUT2D eigenvalue weighted by Gasteiger charge is -2.08. The molecule has 0 radical (unpaired) electrons. The van der Waals surface area contributed by atoms with Gasteiger partial charge in [0.15, 0.2) is 0 Å². The van der Waals surface area contributed by atoms with Crippen LogP contribution in [0.5, 0.6) is 5.88 Å². The fourth-order valence-corrected chi connectivity index (χ4v) is 1.09.